The molecule has 2 aromatic rings. The smallest absolute Gasteiger partial charge is 0.196 e. The zero-order valence-electron chi connectivity index (χ0n) is 12.4. The number of rotatable bonds is 3. The van der Waals surface area contributed by atoms with Gasteiger partial charge in [0.05, 0.1) is 0 Å². The highest BCUT2D eigenvalue weighted by atomic mass is 16.3. The van der Waals surface area contributed by atoms with Crippen molar-refractivity contribution in [1.82, 2.24) is 0 Å². The lowest BCUT2D eigenvalue weighted by atomic mass is 9.88. The molecule has 0 radical (unpaired) electrons. The lowest BCUT2D eigenvalue weighted by Crippen LogP contribution is -2.16. The topological polar surface area (TPSA) is 37.3 Å². The molecule has 0 bridgehead atoms. The van der Waals surface area contributed by atoms with Crippen LogP contribution in [0.1, 0.15) is 44.3 Å². The highest BCUT2D eigenvalue weighted by Crippen LogP contribution is 2.27. The maximum Gasteiger partial charge on any atom is 0.196 e. The lowest BCUT2D eigenvalue weighted by Gasteiger charge is -2.17. The van der Waals surface area contributed by atoms with Crippen molar-refractivity contribution < 1.29 is 9.90 Å². The molecule has 20 heavy (non-hydrogen) atoms. The van der Waals surface area contributed by atoms with E-state index in [9.17, 15) is 9.90 Å². The number of aliphatic hydroxyl groups excluding tert-OH is 1. The summed E-state index contributed by atoms with van der Waals surface area (Å²) in [6.45, 7) is 7.86. The van der Waals surface area contributed by atoms with Crippen molar-refractivity contribution >= 4 is 5.78 Å². The van der Waals surface area contributed by atoms with Crippen LogP contribution in [0.2, 0.25) is 0 Å². The molecule has 0 heterocycles. The number of carbonyl (C=O) groups excluding carboxylic acids is 1. The Hall–Kier alpha value is -1.93. The SMILES string of the molecule is Cc1cc(C)c(C)c(C(=O)C(O)c2ccccc2)c1C. The Bertz CT molecular complexity index is 616. The van der Waals surface area contributed by atoms with E-state index in [-0.39, 0.29) is 5.78 Å². The van der Waals surface area contributed by atoms with E-state index in [1.165, 1.54) is 0 Å². The average Bonchev–Trinajstić information content (AvgIpc) is 2.45. The highest BCUT2D eigenvalue weighted by molar-refractivity contribution is 6.02. The van der Waals surface area contributed by atoms with Crippen molar-refractivity contribution in [3.05, 3.63) is 69.8 Å². The molecule has 1 N–H and O–H groups in total. The van der Waals surface area contributed by atoms with Crippen LogP contribution in [0.15, 0.2) is 36.4 Å². The first-order valence-electron chi connectivity index (χ1n) is 6.78. The molecule has 0 aliphatic carbocycles. The van der Waals surface area contributed by atoms with Gasteiger partial charge in [-0.2, -0.15) is 0 Å². The summed E-state index contributed by atoms with van der Waals surface area (Å²) in [5.74, 6) is -0.224. The predicted molar refractivity (Wildman–Crippen MR) is 81.1 cm³/mol. The molecule has 0 aromatic heterocycles. The summed E-state index contributed by atoms with van der Waals surface area (Å²) in [6, 6.07) is 11.1. The second-order valence-electron chi connectivity index (χ2n) is 5.31. The van der Waals surface area contributed by atoms with Crippen molar-refractivity contribution in [2.24, 2.45) is 0 Å². The summed E-state index contributed by atoms with van der Waals surface area (Å²) in [5, 5.41) is 10.3. The number of carbonyl (C=O) groups is 1. The maximum atomic E-state index is 12.6. The van der Waals surface area contributed by atoms with Crippen LogP contribution in [-0.4, -0.2) is 10.9 Å². The summed E-state index contributed by atoms with van der Waals surface area (Å²) in [7, 11) is 0. The molecule has 1 unspecified atom stereocenters. The molecule has 0 fully saturated rings. The van der Waals surface area contributed by atoms with Crippen LogP contribution in [0.5, 0.6) is 0 Å². The molecule has 0 saturated carbocycles. The van der Waals surface area contributed by atoms with Gasteiger partial charge in [0.15, 0.2) is 5.78 Å². The minimum atomic E-state index is -1.10. The van der Waals surface area contributed by atoms with Gasteiger partial charge in [-0.05, 0) is 55.5 Å². The Morgan fingerprint density at radius 2 is 1.45 bits per heavy atom. The van der Waals surface area contributed by atoms with Crippen molar-refractivity contribution in [3.8, 4) is 0 Å². The first-order chi connectivity index (χ1) is 9.43. The summed E-state index contributed by atoms with van der Waals surface area (Å²) >= 11 is 0. The van der Waals surface area contributed by atoms with E-state index in [0.717, 1.165) is 22.3 Å². The zero-order chi connectivity index (χ0) is 14.9. The highest BCUT2D eigenvalue weighted by Gasteiger charge is 2.23. The average molecular weight is 268 g/mol. The number of aliphatic hydroxyl groups is 1. The first-order valence-corrected chi connectivity index (χ1v) is 6.78. The number of benzene rings is 2. The molecule has 2 aromatic carbocycles. The first kappa shape index (κ1) is 14.5. The van der Waals surface area contributed by atoms with Gasteiger partial charge in [0, 0.05) is 5.56 Å². The summed E-state index contributed by atoms with van der Waals surface area (Å²) in [5.41, 5.74) is 5.35. The van der Waals surface area contributed by atoms with Gasteiger partial charge in [0.25, 0.3) is 0 Å². The van der Waals surface area contributed by atoms with E-state index in [4.69, 9.17) is 0 Å². The van der Waals surface area contributed by atoms with Crippen molar-refractivity contribution in [1.29, 1.82) is 0 Å². The largest absolute Gasteiger partial charge is 0.380 e. The van der Waals surface area contributed by atoms with E-state index in [0.29, 0.717) is 11.1 Å². The summed E-state index contributed by atoms with van der Waals surface area (Å²) in [4.78, 5) is 12.6. The lowest BCUT2D eigenvalue weighted by molar-refractivity contribution is 0.0746. The fraction of sp³-hybridized carbons (Fsp3) is 0.278. The van der Waals surface area contributed by atoms with Gasteiger partial charge in [0.2, 0.25) is 0 Å². The van der Waals surface area contributed by atoms with Crippen LogP contribution in [-0.2, 0) is 0 Å². The predicted octanol–water partition coefficient (Wildman–Crippen LogP) is 3.84. The van der Waals surface area contributed by atoms with Gasteiger partial charge in [-0.3, -0.25) is 4.79 Å². The zero-order valence-corrected chi connectivity index (χ0v) is 12.4. The monoisotopic (exact) mass is 268 g/mol. The van der Waals surface area contributed by atoms with Crippen LogP contribution in [0.4, 0.5) is 0 Å². The Morgan fingerprint density at radius 3 is 1.95 bits per heavy atom. The minimum Gasteiger partial charge on any atom is -0.380 e. The van der Waals surface area contributed by atoms with Gasteiger partial charge in [0.1, 0.15) is 6.10 Å². The van der Waals surface area contributed by atoms with E-state index < -0.39 is 6.10 Å². The minimum absolute atomic E-state index is 0.224. The second-order valence-corrected chi connectivity index (χ2v) is 5.31. The summed E-state index contributed by atoms with van der Waals surface area (Å²) < 4.78 is 0. The number of hydrogen-bond donors (Lipinski definition) is 1. The third-order valence-electron chi connectivity index (χ3n) is 3.98. The van der Waals surface area contributed by atoms with Gasteiger partial charge in [-0.25, -0.2) is 0 Å². The van der Waals surface area contributed by atoms with E-state index in [1.807, 2.05) is 45.9 Å². The third-order valence-corrected chi connectivity index (χ3v) is 3.98. The summed E-state index contributed by atoms with van der Waals surface area (Å²) in [6.07, 6.45) is -1.10. The van der Waals surface area contributed by atoms with Crippen LogP contribution in [0.25, 0.3) is 0 Å². The molecule has 1 atom stereocenters. The molecule has 2 nitrogen and oxygen atoms in total. The van der Waals surface area contributed by atoms with Gasteiger partial charge >= 0.3 is 0 Å². The molecular formula is C18H20O2. The van der Waals surface area contributed by atoms with Crippen molar-refractivity contribution in [3.63, 3.8) is 0 Å². The van der Waals surface area contributed by atoms with Crippen LogP contribution >= 0.6 is 0 Å². The van der Waals surface area contributed by atoms with E-state index in [1.54, 1.807) is 12.1 Å². The molecule has 0 spiro atoms. The fourth-order valence-electron chi connectivity index (χ4n) is 2.51. The Balaban J connectivity index is 2.49. The Labute approximate surface area is 120 Å². The number of hydrogen-bond acceptors (Lipinski definition) is 2. The molecule has 0 saturated heterocycles. The number of ketones is 1. The van der Waals surface area contributed by atoms with Gasteiger partial charge in [-0.1, -0.05) is 36.4 Å². The molecular weight excluding hydrogens is 248 g/mol. The van der Waals surface area contributed by atoms with E-state index >= 15 is 0 Å². The second kappa shape index (κ2) is 5.59. The van der Waals surface area contributed by atoms with E-state index in [2.05, 4.69) is 6.07 Å². The number of aryl methyl sites for hydroxylation is 2. The standard InChI is InChI=1S/C18H20O2/c1-11-10-12(2)14(4)16(13(11)3)18(20)17(19)15-8-6-5-7-9-15/h5-10,17,19H,1-4H3. The normalized spacial score (nSPS) is 12.2. The van der Waals surface area contributed by atoms with Gasteiger partial charge in [-0.15, -0.1) is 0 Å². The molecule has 2 heteroatoms. The Morgan fingerprint density at radius 1 is 0.950 bits per heavy atom. The fourth-order valence-corrected chi connectivity index (χ4v) is 2.51. The van der Waals surface area contributed by atoms with Crippen molar-refractivity contribution in [2.75, 3.05) is 0 Å². The van der Waals surface area contributed by atoms with Crippen LogP contribution < -0.4 is 0 Å². The quantitative estimate of drug-likeness (QED) is 0.859. The Kier molecular flexibility index (Phi) is 4.05. The molecule has 0 aliphatic rings. The maximum absolute atomic E-state index is 12.6. The molecule has 2 rings (SSSR count). The van der Waals surface area contributed by atoms with Gasteiger partial charge < -0.3 is 5.11 Å². The third kappa shape index (κ3) is 2.52. The van der Waals surface area contributed by atoms with Crippen molar-refractivity contribution in [2.45, 2.75) is 33.8 Å². The van der Waals surface area contributed by atoms with Crippen LogP contribution in [0, 0.1) is 27.7 Å². The molecule has 104 valence electrons. The van der Waals surface area contributed by atoms with Crippen LogP contribution in [0.3, 0.4) is 0 Å². The molecule has 0 aliphatic heterocycles. The number of Topliss-reactive ketones (excluding diaryl/α,β-unsaturated/α-hetero) is 1. The molecule has 0 amide bonds.